The van der Waals surface area contributed by atoms with Crippen LogP contribution in [-0.4, -0.2) is 40.0 Å². The predicted molar refractivity (Wildman–Crippen MR) is 165 cm³/mol. The van der Waals surface area contributed by atoms with Gasteiger partial charge in [0.2, 0.25) is 11.8 Å². The van der Waals surface area contributed by atoms with Crippen LogP contribution < -0.4 is 20.1 Å². The second kappa shape index (κ2) is 14.0. The Morgan fingerprint density at radius 1 is 0.860 bits per heavy atom. The third kappa shape index (κ3) is 8.42. The van der Waals surface area contributed by atoms with E-state index in [0.717, 1.165) is 35.9 Å². The summed E-state index contributed by atoms with van der Waals surface area (Å²) in [6.07, 6.45) is 5.07. The van der Waals surface area contributed by atoms with E-state index in [1.54, 1.807) is 36.5 Å². The van der Waals surface area contributed by atoms with Crippen LogP contribution in [0.1, 0.15) is 52.0 Å². The lowest BCUT2D eigenvalue weighted by Gasteiger charge is -2.29. The molecule has 1 aliphatic rings. The molecule has 1 aliphatic carbocycles. The molecule has 4 aromatic rings. The number of hydrogen-bond acceptors (Lipinski definition) is 6. The number of pyridine rings is 1. The summed E-state index contributed by atoms with van der Waals surface area (Å²) in [4.78, 5) is 40.6. The van der Waals surface area contributed by atoms with E-state index in [4.69, 9.17) is 9.47 Å². The van der Waals surface area contributed by atoms with Crippen molar-refractivity contribution >= 4 is 39.4 Å². The Labute approximate surface area is 257 Å². The van der Waals surface area contributed by atoms with E-state index in [2.05, 4.69) is 31.5 Å². The smallest absolute Gasteiger partial charge is 0.337 e. The van der Waals surface area contributed by atoms with Gasteiger partial charge in [-0.3, -0.25) is 9.59 Å². The van der Waals surface area contributed by atoms with E-state index in [1.165, 1.54) is 6.07 Å². The zero-order valence-corrected chi connectivity index (χ0v) is 24.8. The molecule has 2 amide bonds. The molecule has 0 aliphatic heterocycles. The largest absolute Gasteiger partial charge is 0.490 e. The average Bonchev–Trinajstić information content (AvgIpc) is 3.00. The van der Waals surface area contributed by atoms with E-state index in [1.807, 2.05) is 48.5 Å². The van der Waals surface area contributed by atoms with Gasteiger partial charge in [-0.25, -0.2) is 9.78 Å². The fourth-order valence-corrected chi connectivity index (χ4v) is 5.09. The van der Waals surface area contributed by atoms with Crippen molar-refractivity contribution in [3.8, 4) is 17.4 Å². The van der Waals surface area contributed by atoms with Crippen molar-refractivity contribution in [3.63, 3.8) is 0 Å². The molecule has 3 N–H and O–H groups in total. The first-order valence-corrected chi connectivity index (χ1v) is 14.7. The van der Waals surface area contributed by atoms with E-state index < -0.39 is 5.97 Å². The zero-order valence-electron chi connectivity index (χ0n) is 23.2. The average molecular weight is 645 g/mol. The van der Waals surface area contributed by atoms with Gasteiger partial charge >= 0.3 is 5.97 Å². The molecule has 0 atom stereocenters. The first-order valence-electron chi connectivity index (χ1n) is 13.9. The summed E-state index contributed by atoms with van der Waals surface area (Å²) in [5, 5.41) is 15.0. The van der Waals surface area contributed by atoms with E-state index in [9.17, 15) is 19.5 Å². The lowest BCUT2D eigenvalue weighted by molar-refractivity contribution is -0.115. The van der Waals surface area contributed by atoms with Crippen LogP contribution in [0, 0.1) is 0 Å². The molecule has 0 saturated heterocycles. The van der Waals surface area contributed by atoms with Gasteiger partial charge < -0.3 is 25.2 Å². The second-order valence-electron chi connectivity index (χ2n) is 10.2. The van der Waals surface area contributed by atoms with Gasteiger partial charge in [0.05, 0.1) is 23.8 Å². The minimum absolute atomic E-state index is 0.0277. The second-order valence-corrected chi connectivity index (χ2v) is 11.1. The molecule has 1 fully saturated rings. The van der Waals surface area contributed by atoms with Crippen LogP contribution in [0.3, 0.4) is 0 Å². The fraction of sp³-hybridized carbons (Fsp3) is 0.212. The summed E-state index contributed by atoms with van der Waals surface area (Å²) in [7, 11) is 0. The summed E-state index contributed by atoms with van der Waals surface area (Å²) in [6.45, 7) is 0. The molecular formula is C33H30BrN3O6. The summed E-state index contributed by atoms with van der Waals surface area (Å²) in [5.41, 5.74) is 1.58. The Morgan fingerprint density at radius 3 is 2.23 bits per heavy atom. The number of hydrogen-bond donors (Lipinski definition) is 3. The number of carbonyl (C=O) groups is 3. The Kier molecular flexibility index (Phi) is 9.68. The van der Waals surface area contributed by atoms with Crippen molar-refractivity contribution in [3.05, 3.63) is 112 Å². The highest BCUT2D eigenvalue weighted by molar-refractivity contribution is 9.10. The number of benzene rings is 3. The zero-order chi connectivity index (χ0) is 30.2. The van der Waals surface area contributed by atoms with Gasteiger partial charge in [-0.15, -0.1) is 0 Å². The standard InChI is InChI=1S/C33H30BrN3O6/c34-23-8-6-22(7-9-23)32(39)36-24-10-12-25(13-11-24)42-26-14-16-27(17-15-26)43-31-18-5-21(20-35-31)19-30(38)37-29-4-2-1-3-28(29)33(40)41/h1-9,14-18,20,24-25H,10-13,19H2,(H,36,39)(H,37,38)(H,40,41). The molecule has 1 saturated carbocycles. The van der Waals surface area contributed by atoms with Gasteiger partial charge in [0, 0.05) is 28.3 Å². The number of rotatable bonds is 10. The number of para-hydroxylation sites is 1. The molecular weight excluding hydrogens is 614 g/mol. The molecule has 0 spiro atoms. The van der Waals surface area contributed by atoms with E-state index in [-0.39, 0.29) is 41.6 Å². The van der Waals surface area contributed by atoms with Gasteiger partial charge in [0.15, 0.2) is 0 Å². The maximum atomic E-state index is 12.5. The van der Waals surface area contributed by atoms with Crippen LogP contribution in [0.15, 0.2) is 95.6 Å². The normalized spacial score (nSPS) is 16.1. The number of carboxylic acids is 1. The van der Waals surface area contributed by atoms with E-state index >= 15 is 0 Å². The monoisotopic (exact) mass is 643 g/mol. The van der Waals surface area contributed by atoms with Gasteiger partial charge in [-0.2, -0.15) is 0 Å². The number of anilines is 1. The molecule has 43 heavy (non-hydrogen) atoms. The van der Waals surface area contributed by atoms with Crippen molar-refractivity contribution in [2.24, 2.45) is 0 Å². The van der Waals surface area contributed by atoms with Gasteiger partial charge in [0.1, 0.15) is 11.5 Å². The van der Waals surface area contributed by atoms with Crippen molar-refractivity contribution in [1.29, 1.82) is 0 Å². The maximum Gasteiger partial charge on any atom is 0.337 e. The maximum absolute atomic E-state index is 12.5. The Bertz CT molecular complexity index is 1570. The number of nitrogens with one attached hydrogen (secondary N) is 2. The molecule has 0 bridgehead atoms. The third-order valence-corrected chi connectivity index (χ3v) is 7.59. The van der Waals surface area contributed by atoms with Crippen LogP contribution in [0.2, 0.25) is 0 Å². The van der Waals surface area contributed by atoms with Gasteiger partial charge in [-0.05, 0) is 91.9 Å². The number of aromatic carboxylic acids is 1. The number of ether oxygens (including phenoxy) is 2. The third-order valence-electron chi connectivity index (χ3n) is 7.06. The number of halogens is 1. The quantitative estimate of drug-likeness (QED) is 0.177. The number of nitrogens with zero attached hydrogens (tertiary/aromatic N) is 1. The van der Waals surface area contributed by atoms with Crippen LogP contribution in [-0.2, 0) is 11.2 Å². The molecule has 0 unspecified atom stereocenters. The summed E-state index contributed by atoms with van der Waals surface area (Å²) >= 11 is 3.39. The Balaban J connectivity index is 1.06. The van der Waals surface area contributed by atoms with E-state index in [0.29, 0.717) is 22.8 Å². The van der Waals surface area contributed by atoms with Crippen LogP contribution in [0.5, 0.6) is 17.4 Å². The first-order chi connectivity index (χ1) is 20.8. The van der Waals surface area contributed by atoms with Gasteiger partial charge in [-0.1, -0.05) is 34.1 Å². The minimum atomic E-state index is -1.11. The Morgan fingerprint density at radius 2 is 1.56 bits per heavy atom. The van der Waals surface area contributed by atoms with Crippen molar-refractivity contribution in [2.75, 3.05) is 5.32 Å². The van der Waals surface area contributed by atoms with Crippen LogP contribution in [0.25, 0.3) is 0 Å². The van der Waals surface area contributed by atoms with Crippen LogP contribution in [0.4, 0.5) is 5.69 Å². The fourth-order valence-electron chi connectivity index (χ4n) is 4.83. The highest BCUT2D eigenvalue weighted by Gasteiger charge is 2.24. The van der Waals surface area contributed by atoms with Gasteiger partial charge in [0.25, 0.3) is 5.91 Å². The topological polar surface area (TPSA) is 127 Å². The highest BCUT2D eigenvalue weighted by atomic mass is 79.9. The molecule has 1 aromatic heterocycles. The van der Waals surface area contributed by atoms with Crippen molar-refractivity contribution in [1.82, 2.24) is 10.3 Å². The number of aromatic nitrogens is 1. The Hall–Kier alpha value is -4.70. The minimum Gasteiger partial charge on any atom is -0.490 e. The molecule has 3 aromatic carbocycles. The van der Waals surface area contributed by atoms with Crippen LogP contribution >= 0.6 is 15.9 Å². The number of carboxylic acid groups (broad SMARTS) is 1. The number of carbonyl (C=O) groups excluding carboxylic acids is 2. The first kappa shape index (κ1) is 29.8. The molecule has 1 heterocycles. The summed E-state index contributed by atoms with van der Waals surface area (Å²) in [5.74, 6) is 0.196. The SMILES string of the molecule is O=C(Cc1ccc(Oc2ccc(OC3CCC(NC(=O)c4ccc(Br)cc4)CC3)cc2)nc1)Nc1ccccc1C(=O)O. The molecule has 9 nitrogen and oxygen atoms in total. The summed E-state index contributed by atoms with van der Waals surface area (Å²) in [6, 6.07) is 24.4. The summed E-state index contributed by atoms with van der Waals surface area (Å²) < 4.78 is 12.9. The van der Waals surface area contributed by atoms with Crippen molar-refractivity contribution < 1.29 is 29.0 Å². The molecule has 0 radical (unpaired) electrons. The lowest BCUT2D eigenvalue weighted by Crippen LogP contribution is -2.39. The lowest BCUT2D eigenvalue weighted by atomic mass is 9.92. The molecule has 10 heteroatoms. The molecule has 5 rings (SSSR count). The van der Waals surface area contributed by atoms with Crippen molar-refractivity contribution in [2.45, 2.75) is 44.2 Å². The number of amides is 2. The highest BCUT2D eigenvalue weighted by Crippen LogP contribution is 2.27. The molecule has 220 valence electrons. The predicted octanol–water partition coefficient (Wildman–Crippen LogP) is 6.64.